The first kappa shape index (κ1) is 23.5. The van der Waals surface area contributed by atoms with Gasteiger partial charge in [-0.2, -0.15) is 13.2 Å². The van der Waals surface area contributed by atoms with Gasteiger partial charge in [-0.1, -0.05) is 0 Å². The van der Waals surface area contributed by atoms with Crippen LogP contribution in [0.15, 0.2) is 30.3 Å². The highest BCUT2D eigenvalue weighted by atomic mass is 19.4. The molecule has 0 bridgehead atoms. The van der Waals surface area contributed by atoms with E-state index in [0.717, 1.165) is 0 Å². The molecule has 1 aromatic carbocycles. The quantitative estimate of drug-likeness (QED) is 0.710. The molecule has 9 heteroatoms. The van der Waals surface area contributed by atoms with Crippen molar-refractivity contribution in [3.8, 4) is 11.5 Å². The van der Waals surface area contributed by atoms with Gasteiger partial charge in [-0.15, -0.1) is 0 Å². The van der Waals surface area contributed by atoms with E-state index >= 15 is 0 Å². The minimum absolute atomic E-state index is 0. The van der Waals surface area contributed by atoms with Crippen molar-refractivity contribution >= 4 is 5.91 Å². The van der Waals surface area contributed by atoms with Gasteiger partial charge in [0.1, 0.15) is 5.69 Å². The number of ether oxygens (including phenoxy) is 2. The van der Waals surface area contributed by atoms with Crippen molar-refractivity contribution in [2.24, 2.45) is 0 Å². The number of aromatic nitrogens is 1. The lowest BCUT2D eigenvalue weighted by molar-refractivity contribution is -0.144. The van der Waals surface area contributed by atoms with Crippen LogP contribution in [-0.2, 0) is 18.3 Å². The van der Waals surface area contributed by atoms with Gasteiger partial charge >= 0.3 is 6.18 Å². The molecule has 2 aromatic rings. The second kappa shape index (κ2) is 8.59. The summed E-state index contributed by atoms with van der Waals surface area (Å²) in [5.41, 5.74) is -0.0482. The summed E-state index contributed by atoms with van der Waals surface area (Å²) < 4.78 is 53.0. The maximum absolute atomic E-state index is 13.5. The third-order valence-electron chi connectivity index (χ3n) is 6.42. The van der Waals surface area contributed by atoms with Crippen LogP contribution in [0, 0.1) is 0 Å². The zero-order valence-electron chi connectivity index (χ0n) is 19.3. The molecule has 1 spiro atoms. The molecule has 1 N–H and O–H groups in total. The van der Waals surface area contributed by atoms with E-state index in [4.69, 9.17) is 9.47 Å². The molecule has 0 radical (unpaired) electrons. The second-order valence-corrected chi connectivity index (χ2v) is 9.16. The Balaban J connectivity index is 0.00000324. The molecule has 6 nitrogen and oxygen atoms in total. The molecule has 1 amide bonds. The van der Waals surface area contributed by atoms with Gasteiger partial charge < -0.3 is 24.3 Å². The Morgan fingerprint density at radius 1 is 1.18 bits per heavy atom. The Bertz CT molecular complexity index is 1030. The number of halogens is 3. The molecule has 1 atom stereocenters. The van der Waals surface area contributed by atoms with Gasteiger partial charge in [0.15, 0.2) is 11.5 Å². The SMILES string of the molecule is COc1cc(C(=O)N2CCC3(CC2)NC(C)Cn2c(C(F)(F)F)ccc23)ccc1OC(C)C.[HH]. The summed E-state index contributed by atoms with van der Waals surface area (Å²) in [6.45, 7) is 6.88. The molecule has 182 valence electrons. The Labute approximate surface area is 193 Å². The summed E-state index contributed by atoms with van der Waals surface area (Å²) in [6.07, 6.45) is -3.34. The average molecular weight is 468 g/mol. The summed E-state index contributed by atoms with van der Waals surface area (Å²) in [4.78, 5) is 14.9. The number of nitrogens with zero attached hydrogens (tertiary/aromatic N) is 2. The number of carbonyl (C=O) groups excluding carboxylic acids is 1. The first-order valence-electron chi connectivity index (χ1n) is 11.2. The Hall–Kier alpha value is -2.68. The number of likely N-dealkylation sites (tertiary alicyclic amines) is 1. The highest BCUT2D eigenvalue weighted by Crippen LogP contribution is 2.41. The van der Waals surface area contributed by atoms with Crippen LogP contribution in [0.25, 0.3) is 0 Å². The largest absolute Gasteiger partial charge is 0.493 e. The van der Waals surface area contributed by atoms with E-state index in [0.29, 0.717) is 48.7 Å². The number of nitrogens with one attached hydrogen (secondary N) is 1. The first-order chi connectivity index (χ1) is 15.5. The van der Waals surface area contributed by atoms with Crippen LogP contribution in [-0.4, -0.2) is 47.7 Å². The van der Waals surface area contributed by atoms with E-state index in [1.165, 1.54) is 17.7 Å². The molecule has 1 saturated heterocycles. The normalized spacial score (nSPS) is 20.1. The van der Waals surface area contributed by atoms with Crippen LogP contribution < -0.4 is 14.8 Å². The number of hydrogen-bond acceptors (Lipinski definition) is 4. The molecular weight excluding hydrogens is 435 g/mol. The Morgan fingerprint density at radius 2 is 1.88 bits per heavy atom. The number of carbonyl (C=O) groups is 1. The number of hydrogen-bond donors (Lipinski definition) is 1. The van der Waals surface area contributed by atoms with Crippen molar-refractivity contribution in [2.75, 3.05) is 20.2 Å². The fraction of sp³-hybridized carbons (Fsp3) is 0.542. The Morgan fingerprint density at radius 3 is 2.48 bits per heavy atom. The van der Waals surface area contributed by atoms with Gasteiger partial charge in [0, 0.05) is 38.4 Å². The van der Waals surface area contributed by atoms with Gasteiger partial charge in [-0.25, -0.2) is 0 Å². The van der Waals surface area contributed by atoms with Gasteiger partial charge in [0.25, 0.3) is 5.91 Å². The van der Waals surface area contributed by atoms with Crippen LogP contribution in [0.4, 0.5) is 13.2 Å². The van der Waals surface area contributed by atoms with Crippen LogP contribution in [0.5, 0.6) is 11.5 Å². The molecule has 2 aliphatic rings. The summed E-state index contributed by atoms with van der Waals surface area (Å²) in [7, 11) is 1.53. The maximum Gasteiger partial charge on any atom is 0.431 e. The standard InChI is InChI=1S/C24H30F3N3O3.H2/c1-15(2)33-18-6-5-17(13-19(18)32-4)22(31)29-11-9-23(10-12-29)20-7-8-21(24(25,26)27)30(20)14-16(3)28-23;/h5-8,13,15-16,28H,9-12,14H2,1-4H3;1H. The number of methoxy groups -OCH3 is 1. The number of alkyl halides is 3. The van der Waals surface area contributed by atoms with Crippen LogP contribution in [0.2, 0.25) is 0 Å². The highest BCUT2D eigenvalue weighted by molar-refractivity contribution is 5.95. The van der Waals surface area contributed by atoms with Gasteiger partial charge in [0.05, 0.1) is 18.8 Å². The zero-order chi connectivity index (χ0) is 24.0. The first-order valence-corrected chi connectivity index (χ1v) is 11.2. The van der Waals surface area contributed by atoms with Gasteiger partial charge in [-0.3, -0.25) is 4.79 Å². The van der Waals surface area contributed by atoms with E-state index in [1.807, 2.05) is 20.8 Å². The van der Waals surface area contributed by atoms with E-state index in [-0.39, 0.29) is 26.0 Å². The van der Waals surface area contributed by atoms with Crippen LogP contribution >= 0.6 is 0 Å². The lowest BCUT2D eigenvalue weighted by Gasteiger charge is -2.47. The third-order valence-corrected chi connectivity index (χ3v) is 6.42. The van der Waals surface area contributed by atoms with Crippen molar-refractivity contribution in [2.45, 2.75) is 64.0 Å². The van der Waals surface area contributed by atoms with Crippen LogP contribution in [0.1, 0.15) is 56.8 Å². The highest BCUT2D eigenvalue weighted by Gasteiger charge is 2.46. The van der Waals surface area contributed by atoms with Crippen molar-refractivity contribution in [1.29, 1.82) is 0 Å². The molecule has 2 aliphatic heterocycles. The van der Waals surface area contributed by atoms with Gasteiger partial charge in [0.2, 0.25) is 0 Å². The van der Waals surface area contributed by atoms with E-state index in [2.05, 4.69) is 5.32 Å². The molecule has 1 fully saturated rings. The molecule has 33 heavy (non-hydrogen) atoms. The molecule has 4 rings (SSSR count). The van der Waals surface area contributed by atoms with E-state index < -0.39 is 17.4 Å². The summed E-state index contributed by atoms with van der Waals surface area (Å²) >= 11 is 0. The lowest BCUT2D eigenvalue weighted by atomic mass is 9.82. The Kier molecular flexibility index (Phi) is 6.11. The monoisotopic (exact) mass is 467 g/mol. The second-order valence-electron chi connectivity index (χ2n) is 9.16. The summed E-state index contributed by atoms with van der Waals surface area (Å²) in [5, 5.41) is 3.53. The molecule has 1 aromatic heterocycles. The predicted octanol–water partition coefficient (Wildman–Crippen LogP) is 4.67. The molecule has 0 saturated carbocycles. The van der Waals surface area contributed by atoms with Gasteiger partial charge in [-0.05, 0) is 63.9 Å². The minimum Gasteiger partial charge on any atom is -0.493 e. The van der Waals surface area contributed by atoms with Crippen molar-refractivity contribution in [3.05, 3.63) is 47.3 Å². The lowest BCUT2D eigenvalue weighted by Crippen LogP contribution is -2.59. The number of benzene rings is 1. The molecular formula is C24H32F3N3O3. The summed E-state index contributed by atoms with van der Waals surface area (Å²) in [5.74, 6) is 0.932. The topological polar surface area (TPSA) is 55.7 Å². The predicted molar refractivity (Wildman–Crippen MR) is 120 cm³/mol. The number of piperidine rings is 1. The van der Waals surface area contributed by atoms with E-state index in [9.17, 15) is 18.0 Å². The number of amides is 1. The fourth-order valence-electron chi connectivity index (χ4n) is 5.02. The minimum atomic E-state index is -4.39. The molecule has 0 aliphatic carbocycles. The zero-order valence-corrected chi connectivity index (χ0v) is 19.3. The maximum atomic E-state index is 13.5. The third kappa shape index (κ3) is 4.43. The molecule has 3 heterocycles. The van der Waals surface area contributed by atoms with Crippen molar-refractivity contribution in [3.63, 3.8) is 0 Å². The molecule has 1 unspecified atom stereocenters. The average Bonchev–Trinajstić information content (AvgIpc) is 3.19. The number of fused-ring (bicyclic) bond motifs is 2. The van der Waals surface area contributed by atoms with Crippen molar-refractivity contribution < 1.29 is 28.9 Å². The smallest absolute Gasteiger partial charge is 0.431 e. The number of rotatable bonds is 4. The summed E-state index contributed by atoms with van der Waals surface area (Å²) in [6, 6.07) is 7.76. The van der Waals surface area contributed by atoms with Crippen molar-refractivity contribution in [1.82, 2.24) is 14.8 Å². The van der Waals surface area contributed by atoms with Crippen LogP contribution in [0.3, 0.4) is 0 Å². The fourth-order valence-corrected chi connectivity index (χ4v) is 5.02. The van der Waals surface area contributed by atoms with E-state index in [1.54, 1.807) is 29.2 Å².